The second-order valence-electron chi connectivity index (χ2n) is 2.44. The van der Waals surface area contributed by atoms with E-state index in [1.807, 2.05) is 0 Å². The molecule has 1 aliphatic carbocycles. The third kappa shape index (κ3) is 1.19. The maximum atomic E-state index is 10.8. The molecular weight excluding hydrogens is 114 g/mol. The molecule has 0 aromatic heterocycles. The summed E-state index contributed by atoms with van der Waals surface area (Å²) in [5.41, 5.74) is 5.33. The molecule has 0 aromatic carbocycles. The van der Waals surface area contributed by atoms with E-state index in [4.69, 9.17) is 5.73 Å². The second-order valence-corrected chi connectivity index (χ2v) is 2.44. The maximum absolute atomic E-state index is 10.8. The van der Waals surface area contributed by atoms with Crippen molar-refractivity contribution in [3.05, 3.63) is 12.7 Å². The Morgan fingerprint density at radius 1 is 1.89 bits per heavy atom. The topological polar surface area (TPSA) is 43.1 Å². The molecule has 2 N–H and O–H groups in total. The molecule has 2 nitrogen and oxygen atoms in total. The van der Waals surface area contributed by atoms with E-state index in [2.05, 4.69) is 6.58 Å². The standard InChI is InChI=1S/C7H11NO/c1-2-7(9)6-3-5(6)4-8/h2,5-6H,1,3-4,8H2. The van der Waals surface area contributed by atoms with E-state index >= 15 is 0 Å². The Morgan fingerprint density at radius 3 is 2.89 bits per heavy atom. The molecule has 0 heterocycles. The number of hydrogen-bond acceptors (Lipinski definition) is 2. The summed E-state index contributed by atoms with van der Waals surface area (Å²) in [5, 5.41) is 0. The van der Waals surface area contributed by atoms with Crippen LogP contribution in [0.15, 0.2) is 12.7 Å². The smallest absolute Gasteiger partial charge is 0.158 e. The average molecular weight is 125 g/mol. The van der Waals surface area contributed by atoms with Crippen molar-refractivity contribution in [1.82, 2.24) is 0 Å². The summed E-state index contributed by atoms with van der Waals surface area (Å²) in [4.78, 5) is 10.8. The van der Waals surface area contributed by atoms with Crippen molar-refractivity contribution in [2.45, 2.75) is 6.42 Å². The monoisotopic (exact) mass is 125 g/mol. The third-order valence-corrected chi connectivity index (χ3v) is 1.79. The molecule has 2 atom stereocenters. The number of allylic oxidation sites excluding steroid dienone is 1. The van der Waals surface area contributed by atoms with Gasteiger partial charge in [-0.25, -0.2) is 0 Å². The highest BCUT2D eigenvalue weighted by Gasteiger charge is 2.39. The molecule has 1 aliphatic rings. The first kappa shape index (κ1) is 6.49. The molecule has 0 radical (unpaired) electrons. The van der Waals surface area contributed by atoms with Crippen LogP contribution in [0.25, 0.3) is 0 Å². The lowest BCUT2D eigenvalue weighted by Gasteiger charge is -1.87. The summed E-state index contributed by atoms with van der Waals surface area (Å²) in [6.07, 6.45) is 2.36. The van der Waals surface area contributed by atoms with Gasteiger partial charge >= 0.3 is 0 Å². The summed E-state index contributed by atoms with van der Waals surface area (Å²) in [5.74, 6) is 0.827. The van der Waals surface area contributed by atoms with Crippen LogP contribution >= 0.6 is 0 Å². The van der Waals surface area contributed by atoms with Crippen molar-refractivity contribution in [2.75, 3.05) is 6.54 Å². The number of carbonyl (C=O) groups is 1. The van der Waals surface area contributed by atoms with Gasteiger partial charge in [0.2, 0.25) is 0 Å². The minimum Gasteiger partial charge on any atom is -0.330 e. The van der Waals surface area contributed by atoms with E-state index in [9.17, 15) is 4.79 Å². The summed E-state index contributed by atoms with van der Waals surface area (Å²) in [7, 11) is 0. The van der Waals surface area contributed by atoms with Gasteiger partial charge < -0.3 is 5.73 Å². The van der Waals surface area contributed by atoms with Crippen LogP contribution in [0.1, 0.15) is 6.42 Å². The van der Waals surface area contributed by atoms with Gasteiger partial charge in [-0.1, -0.05) is 6.58 Å². The van der Waals surface area contributed by atoms with E-state index in [1.165, 1.54) is 6.08 Å². The van der Waals surface area contributed by atoms with Crippen LogP contribution in [0, 0.1) is 11.8 Å². The van der Waals surface area contributed by atoms with E-state index < -0.39 is 0 Å². The molecule has 0 aliphatic heterocycles. The lowest BCUT2D eigenvalue weighted by molar-refractivity contribution is -0.115. The van der Waals surface area contributed by atoms with Crippen molar-refractivity contribution in [2.24, 2.45) is 17.6 Å². The number of rotatable bonds is 3. The second kappa shape index (κ2) is 2.31. The average Bonchev–Trinajstić information content (AvgIpc) is 2.64. The van der Waals surface area contributed by atoms with E-state index in [0.717, 1.165) is 6.42 Å². The van der Waals surface area contributed by atoms with Crippen LogP contribution in [-0.4, -0.2) is 12.3 Å². The normalized spacial score (nSPS) is 31.7. The first-order valence-electron chi connectivity index (χ1n) is 3.16. The molecule has 0 bridgehead atoms. The highest BCUT2D eigenvalue weighted by Crippen LogP contribution is 2.38. The molecule has 0 aromatic rings. The summed E-state index contributed by atoms with van der Waals surface area (Å²) in [6.45, 7) is 4.04. The van der Waals surface area contributed by atoms with Crippen LogP contribution in [-0.2, 0) is 4.79 Å². The van der Waals surface area contributed by atoms with Crippen LogP contribution < -0.4 is 5.73 Å². The number of hydrogen-bond donors (Lipinski definition) is 1. The van der Waals surface area contributed by atoms with Gasteiger partial charge in [-0.05, 0) is 25.0 Å². The molecule has 2 heteroatoms. The SMILES string of the molecule is C=CC(=O)C1CC1CN. The summed E-state index contributed by atoms with van der Waals surface area (Å²) in [6, 6.07) is 0. The minimum absolute atomic E-state index is 0.158. The molecular formula is C7H11NO. The maximum Gasteiger partial charge on any atom is 0.158 e. The molecule has 9 heavy (non-hydrogen) atoms. The fraction of sp³-hybridized carbons (Fsp3) is 0.571. The van der Waals surface area contributed by atoms with E-state index in [1.54, 1.807) is 0 Å². The first-order valence-corrected chi connectivity index (χ1v) is 3.16. The van der Waals surface area contributed by atoms with Gasteiger partial charge in [0, 0.05) is 5.92 Å². The molecule has 0 saturated heterocycles. The Labute approximate surface area is 54.7 Å². The van der Waals surface area contributed by atoms with E-state index in [-0.39, 0.29) is 11.7 Å². The zero-order valence-electron chi connectivity index (χ0n) is 5.34. The zero-order valence-corrected chi connectivity index (χ0v) is 5.34. The quantitative estimate of drug-likeness (QED) is 0.552. The van der Waals surface area contributed by atoms with Crippen LogP contribution in [0.4, 0.5) is 0 Å². The first-order chi connectivity index (χ1) is 4.29. The Kier molecular flexibility index (Phi) is 1.67. The van der Waals surface area contributed by atoms with Gasteiger partial charge in [0.25, 0.3) is 0 Å². The Balaban J connectivity index is 2.33. The van der Waals surface area contributed by atoms with Crippen LogP contribution in [0.2, 0.25) is 0 Å². The van der Waals surface area contributed by atoms with Gasteiger partial charge in [0.05, 0.1) is 0 Å². The van der Waals surface area contributed by atoms with Crippen molar-refractivity contribution >= 4 is 5.78 Å². The van der Waals surface area contributed by atoms with Gasteiger partial charge in [0.15, 0.2) is 5.78 Å². The molecule has 2 unspecified atom stereocenters. The molecule has 1 saturated carbocycles. The third-order valence-electron chi connectivity index (χ3n) is 1.79. The van der Waals surface area contributed by atoms with Crippen molar-refractivity contribution in [3.63, 3.8) is 0 Å². The lowest BCUT2D eigenvalue weighted by Crippen LogP contribution is -2.06. The fourth-order valence-corrected chi connectivity index (χ4v) is 1.01. The predicted molar refractivity (Wildman–Crippen MR) is 35.9 cm³/mol. The van der Waals surface area contributed by atoms with Gasteiger partial charge in [-0.2, -0.15) is 0 Å². The Hall–Kier alpha value is -0.630. The molecule has 0 spiro atoms. The summed E-state index contributed by atoms with van der Waals surface area (Å²) >= 11 is 0. The lowest BCUT2D eigenvalue weighted by atomic mass is 10.2. The van der Waals surface area contributed by atoms with E-state index in [0.29, 0.717) is 12.5 Å². The minimum atomic E-state index is 0.158. The fourth-order valence-electron chi connectivity index (χ4n) is 1.01. The van der Waals surface area contributed by atoms with Crippen LogP contribution in [0.5, 0.6) is 0 Å². The number of ketones is 1. The number of carbonyl (C=O) groups excluding carboxylic acids is 1. The number of nitrogens with two attached hydrogens (primary N) is 1. The van der Waals surface area contributed by atoms with Crippen molar-refractivity contribution in [1.29, 1.82) is 0 Å². The van der Waals surface area contributed by atoms with Gasteiger partial charge in [-0.3, -0.25) is 4.79 Å². The molecule has 50 valence electrons. The van der Waals surface area contributed by atoms with Crippen molar-refractivity contribution in [3.8, 4) is 0 Å². The largest absolute Gasteiger partial charge is 0.330 e. The molecule has 1 fully saturated rings. The molecule has 1 rings (SSSR count). The summed E-state index contributed by atoms with van der Waals surface area (Å²) < 4.78 is 0. The predicted octanol–water partition coefficient (Wildman–Crippen LogP) is 0.336. The van der Waals surface area contributed by atoms with Gasteiger partial charge in [0.1, 0.15) is 0 Å². The van der Waals surface area contributed by atoms with Gasteiger partial charge in [-0.15, -0.1) is 0 Å². The van der Waals surface area contributed by atoms with Crippen LogP contribution in [0.3, 0.4) is 0 Å². The highest BCUT2D eigenvalue weighted by molar-refractivity contribution is 5.93. The Bertz CT molecular complexity index is 142. The van der Waals surface area contributed by atoms with Crippen molar-refractivity contribution < 1.29 is 4.79 Å². The zero-order chi connectivity index (χ0) is 6.85. The molecule has 0 amide bonds. The highest BCUT2D eigenvalue weighted by atomic mass is 16.1. The Morgan fingerprint density at radius 2 is 2.56 bits per heavy atom.